The van der Waals surface area contributed by atoms with Crippen molar-refractivity contribution in [3.05, 3.63) is 88.3 Å². The maximum Gasteiger partial charge on any atom is 0.266 e. The summed E-state index contributed by atoms with van der Waals surface area (Å²) in [6, 6.07) is 23.2. The second kappa shape index (κ2) is 8.78. The number of likely N-dealkylation sites (N-methyl/N-ethyl adjacent to an activating group) is 1. The molecule has 3 aromatic rings. The molecule has 0 N–H and O–H groups in total. The van der Waals surface area contributed by atoms with E-state index < -0.39 is 0 Å². The normalized spacial score (nSPS) is 16.5. The molecule has 0 aliphatic carbocycles. The number of hydrogen-bond acceptors (Lipinski definition) is 4. The van der Waals surface area contributed by atoms with Crippen LogP contribution in [0.5, 0.6) is 5.75 Å². The Kier molecular flexibility index (Phi) is 5.93. The van der Waals surface area contributed by atoms with Crippen LogP contribution < -0.4 is 4.74 Å². The Morgan fingerprint density at radius 2 is 1.73 bits per heavy atom. The molecule has 1 aliphatic rings. The Morgan fingerprint density at radius 1 is 1.00 bits per heavy atom. The summed E-state index contributed by atoms with van der Waals surface area (Å²) in [6.45, 7) is 0. The summed E-state index contributed by atoms with van der Waals surface area (Å²) < 4.78 is 5.23. The summed E-state index contributed by atoms with van der Waals surface area (Å²) in [5.41, 5.74) is 3.87. The topological polar surface area (TPSA) is 41.9 Å². The van der Waals surface area contributed by atoms with Gasteiger partial charge in [0, 0.05) is 12.1 Å². The molecule has 0 saturated carbocycles. The van der Waals surface area contributed by atoms with Crippen LogP contribution in [0, 0.1) is 0 Å². The van der Waals surface area contributed by atoms with Gasteiger partial charge in [-0.3, -0.25) is 9.69 Å². The number of benzene rings is 3. The molecule has 0 spiro atoms. The molecule has 1 amide bonds. The Bertz CT molecular complexity index is 1140. The summed E-state index contributed by atoms with van der Waals surface area (Å²) in [6.07, 6.45) is 1.90. The van der Waals surface area contributed by atoms with Crippen molar-refractivity contribution in [3.8, 4) is 16.9 Å². The van der Waals surface area contributed by atoms with Crippen molar-refractivity contribution in [3.63, 3.8) is 0 Å². The zero-order valence-corrected chi connectivity index (χ0v) is 18.1. The minimum Gasteiger partial charge on any atom is -0.497 e. The molecule has 6 heteroatoms. The number of amides is 1. The lowest BCUT2D eigenvalue weighted by molar-refractivity contribution is -0.121. The van der Waals surface area contributed by atoms with Gasteiger partial charge in [0.25, 0.3) is 5.91 Å². The number of halogens is 1. The van der Waals surface area contributed by atoms with Gasteiger partial charge in [0.2, 0.25) is 0 Å². The monoisotopic (exact) mass is 434 g/mol. The highest BCUT2D eigenvalue weighted by Crippen LogP contribution is 2.34. The van der Waals surface area contributed by atoms with Crippen molar-refractivity contribution in [2.45, 2.75) is 0 Å². The standard InChI is InChI=1S/C24H19ClN2O2S/c1-27-23(28)22(30-24(27)26-20-10-8-19(25)9-11-20)15-16-4-3-5-18(14-16)17-6-12-21(29-2)13-7-17/h3-15H,1-2H3. The van der Waals surface area contributed by atoms with E-state index in [0.717, 1.165) is 28.1 Å². The van der Waals surface area contributed by atoms with Crippen LogP contribution in [0.3, 0.4) is 0 Å². The number of rotatable bonds is 4. The van der Waals surface area contributed by atoms with Crippen molar-refractivity contribution in [1.82, 2.24) is 4.90 Å². The molecule has 0 bridgehead atoms. The average Bonchev–Trinajstić information content (AvgIpc) is 3.03. The third-order valence-corrected chi connectivity index (χ3v) is 5.97. The van der Waals surface area contributed by atoms with Gasteiger partial charge < -0.3 is 4.74 Å². The van der Waals surface area contributed by atoms with E-state index in [2.05, 4.69) is 11.1 Å². The van der Waals surface area contributed by atoms with E-state index in [0.29, 0.717) is 15.1 Å². The lowest BCUT2D eigenvalue weighted by atomic mass is 10.0. The quantitative estimate of drug-likeness (QED) is 0.456. The van der Waals surface area contributed by atoms with Gasteiger partial charge in [-0.25, -0.2) is 4.99 Å². The fourth-order valence-corrected chi connectivity index (χ4v) is 4.13. The molecule has 1 heterocycles. The molecule has 0 unspecified atom stereocenters. The van der Waals surface area contributed by atoms with Crippen LogP contribution in [0.4, 0.5) is 5.69 Å². The predicted octanol–water partition coefficient (Wildman–Crippen LogP) is 6.25. The number of methoxy groups -OCH3 is 1. The first-order valence-electron chi connectivity index (χ1n) is 9.30. The average molecular weight is 435 g/mol. The second-order valence-corrected chi connectivity index (χ2v) is 8.15. The molecule has 150 valence electrons. The summed E-state index contributed by atoms with van der Waals surface area (Å²) >= 11 is 7.30. The van der Waals surface area contributed by atoms with Crippen LogP contribution in [0.2, 0.25) is 5.02 Å². The van der Waals surface area contributed by atoms with Crippen molar-refractivity contribution in [1.29, 1.82) is 0 Å². The number of aliphatic imine (C=N–C) groups is 1. The first-order chi connectivity index (χ1) is 14.5. The Morgan fingerprint density at radius 3 is 2.43 bits per heavy atom. The molecule has 3 aromatic carbocycles. The fourth-order valence-electron chi connectivity index (χ4n) is 3.02. The number of nitrogens with zero attached hydrogens (tertiary/aromatic N) is 2. The third-order valence-electron chi connectivity index (χ3n) is 4.66. The van der Waals surface area contributed by atoms with Crippen LogP contribution in [-0.2, 0) is 4.79 Å². The number of hydrogen-bond donors (Lipinski definition) is 0. The van der Waals surface area contributed by atoms with Gasteiger partial charge in [-0.15, -0.1) is 0 Å². The van der Waals surface area contributed by atoms with E-state index in [9.17, 15) is 4.79 Å². The molecule has 1 saturated heterocycles. The van der Waals surface area contributed by atoms with Crippen molar-refractivity contribution in [2.75, 3.05) is 14.2 Å². The first-order valence-corrected chi connectivity index (χ1v) is 10.5. The summed E-state index contributed by atoms with van der Waals surface area (Å²) in [5.74, 6) is 0.753. The van der Waals surface area contributed by atoms with E-state index in [1.165, 1.54) is 11.8 Å². The highest BCUT2D eigenvalue weighted by molar-refractivity contribution is 8.18. The van der Waals surface area contributed by atoms with Gasteiger partial charge in [-0.2, -0.15) is 0 Å². The van der Waals surface area contributed by atoms with Crippen molar-refractivity contribution < 1.29 is 9.53 Å². The van der Waals surface area contributed by atoms with E-state index >= 15 is 0 Å². The lowest BCUT2D eigenvalue weighted by Gasteiger charge is -2.07. The number of carbonyl (C=O) groups is 1. The largest absolute Gasteiger partial charge is 0.497 e. The summed E-state index contributed by atoms with van der Waals surface area (Å²) in [4.78, 5) is 19.5. The maximum absolute atomic E-state index is 12.7. The molecular weight excluding hydrogens is 416 g/mol. The van der Waals surface area contributed by atoms with Crippen LogP contribution in [-0.4, -0.2) is 30.1 Å². The minimum absolute atomic E-state index is 0.0671. The van der Waals surface area contributed by atoms with Crippen LogP contribution in [0.25, 0.3) is 17.2 Å². The molecule has 30 heavy (non-hydrogen) atoms. The fraction of sp³-hybridized carbons (Fsp3) is 0.0833. The van der Waals surface area contributed by atoms with Crippen LogP contribution in [0.1, 0.15) is 5.56 Å². The van der Waals surface area contributed by atoms with Crippen molar-refractivity contribution in [2.24, 2.45) is 4.99 Å². The lowest BCUT2D eigenvalue weighted by Crippen LogP contribution is -2.23. The molecule has 0 aromatic heterocycles. The van der Waals surface area contributed by atoms with E-state index in [1.54, 1.807) is 31.2 Å². The first kappa shape index (κ1) is 20.3. The molecule has 1 aliphatic heterocycles. The molecule has 0 radical (unpaired) electrons. The Balaban J connectivity index is 1.60. The van der Waals surface area contributed by atoms with Gasteiger partial charge in [0.1, 0.15) is 5.75 Å². The maximum atomic E-state index is 12.7. The van der Waals surface area contributed by atoms with Crippen LogP contribution in [0.15, 0.2) is 82.7 Å². The number of ether oxygens (including phenoxy) is 1. The van der Waals surface area contributed by atoms with Gasteiger partial charge in [-0.1, -0.05) is 41.9 Å². The number of carbonyl (C=O) groups excluding carboxylic acids is 1. The van der Waals surface area contributed by atoms with Gasteiger partial charge in [0.15, 0.2) is 5.17 Å². The van der Waals surface area contributed by atoms with E-state index in [-0.39, 0.29) is 5.91 Å². The summed E-state index contributed by atoms with van der Waals surface area (Å²) in [5, 5.41) is 1.29. The summed E-state index contributed by atoms with van der Waals surface area (Å²) in [7, 11) is 3.39. The molecule has 1 fully saturated rings. The zero-order chi connectivity index (χ0) is 21.1. The molecule has 4 rings (SSSR count). The highest BCUT2D eigenvalue weighted by atomic mass is 35.5. The van der Waals surface area contributed by atoms with E-state index in [1.807, 2.05) is 60.7 Å². The molecule has 0 atom stereocenters. The zero-order valence-electron chi connectivity index (χ0n) is 16.5. The molecular formula is C24H19ClN2O2S. The number of amidine groups is 1. The van der Waals surface area contributed by atoms with Gasteiger partial charge in [-0.05, 0) is 77.0 Å². The van der Waals surface area contributed by atoms with Gasteiger partial charge >= 0.3 is 0 Å². The molecule has 4 nitrogen and oxygen atoms in total. The third kappa shape index (κ3) is 4.42. The highest BCUT2D eigenvalue weighted by Gasteiger charge is 2.30. The van der Waals surface area contributed by atoms with Crippen molar-refractivity contribution >= 4 is 46.2 Å². The Hall–Kier alpha value is -3.02. The van der Waals surface area contributed by atoms with Crippen LogP contribution >= 0.6 is 23.4 Å². The number of thioether (sulfide) groups is 1. The smallest absolute Gasteiger partial charge is 0.266 e. The SMILES string of the molecule is COc1ccc(-c2cccc(C=C3SC(=Nc4ccc(Cl)cc4)N(C)C3=O)c2)cc1. The Labute approximate surface area is 184 Å². The predicted molar refractivity (Wildman–Crippen MR) is 125 cm³/mol. The second-order valence-electron chi connectivity index (χ2n) is 6.70. The van der Waals surface area contributed by atoms with E-state index in [4.69, 9.17) is 16.3 Å². The van der Waals surface area contributed by atoms with Gasteiger partial charge in [0.05, 0.1) is 17.7 Å². The minimum atomic E-state index is -0.0671.